The lowest BCUT2D eigenvalue weighted by atomic mass is 9.95. The molecule has 2 N–H and O–H groups in total. The summed E-state index contributed by atoms with van der Waals surface area (Å²) in [6.07, 6.45) is 13.2. The first-order valence-corrected chi connectivity index (χ1v) is 11.5. The summed E-state index contributed by atoms with van der Waals surface area (Å²) in [7, 11) is 0. The van der Waals surface area contributed by atoms with Crippen molar-refractivity contribution in [1.82, 2.24) is 9.97 Å². The molecule has 1 saturated carbocycles. The van der Waals surface area contributed by atoms with Crippen LogP contribution in [0.5, 0.6) is 0 Å². The largest absolute Gasteiger partial charge is 0.396 e. The minimum Gasteiger partial charge on any atom is -0.396 e. The second-order valence-electron chi connectivity index (χ2n) is 8.45. The minimum absolute atomic E-state index is 0.0215. The number of nitrogens with zero attached hydrogens (tertiary/aromatic N) is 2. The predicted molar refractivity (Wildman–Crippen MR) is 116 cm³/mol. The summed E-state index contributed by atoms with van der Waals surface area (Å²) in [6.45, 7) is 2.38. The van der Waals surface area contributed by atoms with E-state index < -0.39 is 0 Å². The molecule has 2 aliphatic carbocycles. The molecule has 0 aromatic carbocycles. The monoisotopic (exact) mass is 411 g/mol. The number of nitrogens with one attached hydrogen (secondary N) is 1. The van der Waals surface area contributed by atoms with Crippen molar-refractivity contribution < 1.29 is 9.90 Å². The number of aliphatic hydroxyl groups excluding tert-OH is 1. The normalized spacial score (nSPS) is 24.3. The molecular weight excluding hydrogens is 382 g/mol. The third-order valence-corrected chi connectivity index (χ3v) is 7.25. The van der Waals surface area contributed by atoms with Crippen LogP contribution in [-0.2, 0) is 6.42 Å². The highest BCUT2D eigenvalue weighted by molar-refractivity contribution is 7.12. The maximum atomic E-state index is 13.2. The van der Waals surface area contributed by atoms with Crippen molar-refractivity contribution in [3.05, 3.63) is 51.6 Å². The summed E-state index contributed by atoms with van der Waals surface area (Å²) >= 11 is 1.50. The Labute approximate surface area is 176 Å². The van der Waals surface area contributed by atoms with E-state index in [0.29, 0.717) is 23.2 Å². The molecule has 0 unspecified atom stereocenters. The molecule has 0 spiro atoms. The van der Waals surface area contributed by atoms with Crippen LogP contribution in [0.3, 0.4) is 0 Å². The first-order chi connectivity index (χ1) is 14.1. The fourth-order valence-electron chi connectivity index (χ4n) is 4.56. The van der Waals surface area contributed by atoms with E-state index in [1.54, 1.807) is 6.20 Å². The molecule has 5 nitrogen and oxygen atoms in total. The fourth-order valence-corrected chi connectivity index (χ4v) is 5.43. The topological polar surface area (TPSA) is 75.1 Å². The van der Waals surface area contributed by atoms with Gasteiger partial charge in [-0.1, -0.05) is 18.6 Å². The predicted octanol–water partition coefficient (Wildman–Crippen LogP) is 4.63. The van der Waals surface area contributed by atoms with Crippen molar-refractivity contribution in [2.24, 2.45) is 11.8 Å². The Kier molecular flexibility index (Phi) is 6.40. The van der Waals surface area contributed by atoms with E-state index in [-0.39, 0.29) is 18.4 Å². The van der Waals surface area contributed by atoms with Crippen LogP contribution >= 0.6 is 11.3 Å². The average molecular weight is 412 g/mol. The van der Waals surface area contributed by atoms with Crippen molar-refractivity contribution in [3.63, 3.8) is 0 Å². The van der Waals surface area contributed by atoms with Crippen LogP contribution in [0.4, 0.5) is 5.82 Å². The fraction of sp³-hybridized carbons (Fsp3) is 0.522. The third kappa shape index (κ3) is 4.75. The number of allylic oxidation sites excluding steroid dienone is 2. The van der Waals surface area contributed by atoms with Crippen molar-refractivity contribution >= 4 is 22.9 Å². The molecule has 0 bridgehead atoms. The number of aromatic nitrogens is 2. The lowest BCUT2D eigenvalue weighted by Crippen LogP contribution is -2.19. The molecule has 2 aromatic rings. The molecule has 0 amide bonds. The van der Waals surface area contributed by atoms with Gasteiger partial charge in [-0.25, -0.2) is 9.97 Å². The number of anilines is 1. The van der Waals surface area contributed by atoms with Crippen LogP contribution in [0.2, 0.25) is 0 Å². The number of ketones is 1. The summed E-state index contributed by atoms with van der Waals surface area (Å²) in [5, 5.41) is 15.1. The number of aliphatic hydroxyl groups is 1. The van der Waals surface area contributed by atoms with Gasteiger partial charge >= 0.3 is 0 Å². The molecule has 0 radical (unpaired) electrons. The molecule has 154 valence electrons. The second kappa shape index (κ2) is 9.18. The van der Waals surface area contributed by atoms with Crippen LogP contribution in [0.25, 0.3) is 0 Å². The van der Waals surface area contributed by atoms with E-state index >= 15 is 0 Å². The van der Waals surface area contributed by atoms with Crippen LogP contribution in [-0.4, -0.2) is 33.5 Å². The van der Waals surface area contributed by atoms with Crippen LogP contribution in [0, 0.1) is 11.8 Å². The first-order valence-electron chi connectivity index (χ1n) is 10.6. The zero-order valence-corrected chi connectivity index (χ0v) is 17.8. The number of hydrogen-bond donors (Lipinski definition) is 2. The van der Waals surface area contributed by atoms with Gasteiger partial charge in [-0.2, -0.15) is 0 Å². The standard InChI is InChI=1S/C23H29N3O2S/c1-15-7-19(10-18(15)12-27)26-23-20(11-24-14-25-23)22(28)21-9-17(13-29-21)8-16-5-3-2-4-6-16/h5,9,11,13-15,18-19,27H,2-4,6-8,10,12H2,1H3,(H,24,25,26)/t15-,18+,19-/m0/s1. The Balaban J connectivity index is 1.47. The Morgan fingerprint density at radius 1 is 1.34 bits per heavy atom. The van der Waals surface area contributed by atoms with E-state index in [1.165, 1.54) is 54.5 Å². The number of carbonyl (C=O) groups is 1. The van der Waals surface area contributed by atoms with E-state index in [4.69, 9.17) is 0 Å². The molecule has 1 fully saturated rings. The number of carbonyl (C=O) groups excluding carboxylic acids is 1. The van der Waals surface area contributed by atoms with Gasteiger partial charge in [-0.3, -0.25) is 4.79 Å². The van der Waals surface area contributed by atoms with Crippen LogP contribution in [0.15, 0.2) is 35.6 Å². The van der Waals surface area contributed by atoms with Crippen LogP contribution < -0.4 is 5.32 Å². The van der Waals surface area contributed by atoms with Crippen molar-refractivity contribution in [3.8, 4) is 0 Å². The molecular formula is C23H29N3O2S. The SMILES string of the molecule is C[C@H]1C[C@H](Nc2ncncc2C(=O)c2cc(CC3=CCCCC3)cs2)C[C@@H]1CO. The first kappa shape index (κ1) is 20.2. The van der Waals surface area contributed by atoms with Gasteiger partial charge in [-0.15, -0.1) is 11.3 Å². The van der Waals surface area contributed by atoms with Gasteiger partial charge < -0.3 is 10.4 Å². The summed E-state index contributed by atoms with van der Waals surface area (Å²) in [5.74, 6) is 1.35. The Morgan fingerprint density at radius 3 is 3.00 bits per heavy atom. The number of thiophene rings is 1. The van der Waals surface area contributed by atoms with Gasteiger partial charge in [0.05, 0.1) is 10.4 Å². The second-order valence-corrected chi connectivity index (χ2v) is 9.36. The van der Waals surface area contributed by atoms with Crippen LogP contribution in [0.1, 0.15) is 66.2 Å². The molecule has 2 heterocycles. The molecule has 4 rings (SSSR count). The highest BCUT2D eigenvalue weighted by atomic mass is 32.1. The highest BCUT2D eigenvalue weighted by Crippen LogP contribution is 2.34. The summed E-state index contributed by atoms with van der Waals surface area (Å²) in [6, 6.07) is 2.25. The van der Waals surface area contributed by atoms with Gasteiger partial charge in [0, 0.05) is 18.8 Å². The summed E-state index contributed by atoms with van der Waals surface area (Å²) in [4.78, 5) is 22.4. The smallest absolute Gasteiger partial charge is 0.208 e. The average Bonchev–Trinajstić information content (AvgIpc) is 3.35. The quantitative estimate of drug-likeness (QED) is 0.513. The number of rotatable bonds is 7. The van der Waals surface area contributed by atoms with E-state index in [2.05, 4.69) is 33.7 Å². The van der Waals surface area contributed by atoms with Gasteiger partial charge in [-0.05, 0) is 73.8 Å². The van der Waals surface area contributed by atoms with Gasteiger partial charge in [0.15, 0.2) is 0 Å². The van der Waals surface area contributed by atoms with E-state index in [0.717, 1.165) is 24.1 Å². The summed E-state index contributed by atoms with van der Waals surface area (Å²) < 4.78 is 0. The lowest BCUT2D eigenvalue weighted by molar-refractivity contribution is 0.104. The molecule has 6 heteroatoms. The van der Waals surface area contributed by atoms with Crippen molar-refractivity contribution in [2.75, 3.05) is 11.9 Å². The Morgan fingerprint density at radius 2 is 2.24 bits per heavy atom. The van der Waals surface area contributed by atoms with Gasteiger partial charge in [0.25, 0.3) is 0 Å². The minimum atomic E-state index is -0.0215. The van der Waals surface area contributed by atoms with Gasteiger partial charge in [0.2, 0.25) is 5.78 Å². The maximum absolute atomic E-state index is 13.2. The Hall–Kier alpha value is -2.05. The Bertz CT molecular complexity index is 892. The summed E-state index contributed by atoms with van der Waals surface area (Å²) in [5.41, 5.74) is 3.23. The molecule has 29 heavy (non-hydrogen) atoms. The lowest BCUT2D eigenvalue weighted by Gasteiger charge is -2.15. The molecule has 0 aliphatic heterocycles. The highest BCUT2D eigenvalue weighted by Gasteiger charge is 2.31. The van der Waals surface area contributed by atoms with E-state index in [9.17, 15) is 9.90 Å². The molecule has 2 aromatic heterocycles. The zero-order valence-electron chi connectivity index (χ0n) is 16.9. The molecule has 2 aliphatic rings. The van der Waals surface area contributed by atoms with Gasteiger partial charge in [0.1, 0.15) is 12.1 Å². The maximum Gasteiger partial charge on any atom is 0.208 e. The molecule has 3 atom stereocenters. The van der Waals surface area contributed by atoms with E-state index in [1.807, 2.05) is 6.07 Å². The number of hydrogen-bond acceptors (Lipinski definition) is 6. The molecule has 0 saturated heterocycles. The third-order valence-electron chi connectivity index (χ3n) is 6.27. The zero-order chi connectivity index (χ0) is 20.2. The van der Waals surface area contributed by atoms with Crippen molar-refractivity contribution in [2.45, 2.75) is 57.9 Å². The van der Waals surface area contributed by atoms with Crippen molar-refractivity contribution in [1.29, 1.82) is 0 Å².